The number of methoxy groups -OCH3 is 1. The van der Waals surface area contributed by atoms with E-state index < -0.39 is 0 Å². The topological polar surface area (TPSA) is 41.8 Å². The van der Waals surface area contributed by atoms with E-state index in [0.717, 1.165) is 50.0 Å². The summed E-state index contributed by atoms with van der Waals surface area (Å²) in [6, 6.07) is 6.53. The minimum atomic E-state index is -0.0104. The maximum absolute atomic E-state index is 9.73. The highest BCUT2D eigenvalue weighted by atomic mass is 16.5. The van der Waals surface area contributed by atoms with Crippen LogP contribution >= 0.6 is 0 Å². The Labute approximate surface area is 156 Å². The zero-order chi connectivity index (χ0) is 18.5. The second kappa shape index (κ2) is 6.29. The maximum atomic E-state index is 9.73. The molecule has 0 aromatic heterocycles. The number of fused-ring (bicyclic) bond motifs is 4. The number of rotatable bonds is 2. The average Bonchev–Trinajstić information content (AvgIpc) is 2.65. The van der Waals surface area contributed by atoms with E-state index in [1.807, 2.05) is 0 Å². The summed E-state index contributed by atoms with van der Waals surface area (Å²) in [4.78, 5) is 0. The molecule has 3 aliphatic carbocycles. The van der Waals surface area contributed by atoms with Crippen molar-refractivity contribution in [3.05, 3.63) is 47.1 Å². The molecular formula is C23H29NO2. The normalized spacial score (nSPS) is 31.9. The van der Waals surface area contributed by atoms with Crippen molar-refractivity contribution in [2.24, 2.45) is 22.4 Å². The van der Waals surface area contributed by atoms with Crippen LogP contribution in [-0.2, 0) is 6.42 Å². The molecule has 0 unspecified atom stereocenters. The molecule has 1 aromatic carbocycles. The van der Waals surface area contributed by atoms with Gasteiger partial charge in [0.05, 0.1) is 12.8 Å². The number of hydrogen-bond donors (Lipinski definition) is 1. The van der Waals surface area contributed by atoms with Crippen molar-refractivity contribution in [3.8, 4) is 5.75 Å². The molecule has 3 atom stereocenters. The Balaban J connectivity index is 1.80. The van der Waals surface area contributed by atoms with Crippen LogP contribution in [0.5, 0.6) is 5.75 Å². The Morgan fingerprint density at radius 2 is 2.12 bits per heavy atom. The summed E-state index contributed by atoms with van der Waals surface area (Å²) in [6.45, 7) is 8.63. The monoisotopic (exact) mass is 351 g/mol. The van der Waals surface area contributed by atoms with Gasteiger partial charge in [0.1, 0.15) is 5.75 Å². The highest BCUT2D eigenvalue weighted by Gasteiger charge is 2.49. The summed E-state index contributed by atoms with van der Waals surface area (Å²) in [7, 11) is 1.73. The third-order valence-electron chi connectivity index (χ3n) is 7.21. The molecule has 26 heavy (non-hydrogen) atoms. The van der Waals surface area contributed by atoms with Gasteiger partial charge in [-0.1, -0.05) is 35.9 Å². The zero-order valence-corrected chi connectivity index (χ0v) is 16.1. The molecule has 4 rings (SSSR count). The lowest BCUT2D eigenvalue weighted by molar-refractivity contribution is 0.200. The predicted octanol–water partition coefficient (Wildman–Crippen LogP) is 5.63. The quantitative estimate of drug-likeness (QED) is 0.426. The summed E-state index contributed by atoms with van der Waals surface area (Å²) in [6.07, 6.45) is 6.30. The van der Waals surface area contributed by atoms with Crippen LogP contribution in [0.1, 0.15) is 57.1 Å². The highest BCUT2D eigenvalue weighted by Crippen LogP contribution is 2.57. The summed E-state index contributed by atoms with van der Waals surface area (Å²) in [5.74, 6) is 1.83. The van der Waals surface area contributed by atoms with Crippen LogP contribution in [0.2, 0.25) is 0 Å². The molecule has 1 saturated carbocycles. The summed E-state index contributed by atoms with van der Waals surface area (Å²) < 4.78 is 5.42. The number of aryl methyl sites for hydroxylation is 1. The average molecular weight is 351 g/mol. The van der Waals surface area contributed by atoms with Crippen LogP contribution in [0.4, 0.5) is 0 Å². The second-order valence-corrected chi connectivity index (χ2v) is 8.53. The van der Waals surface area contributed by atoms with Gasteiger partial charge in [0.15, 0.2) is 0 Å². The molecule has 3 heteroatoms. The summed E-state index contributed by atoms with van der Waals surface area (Å²) in [5.41, 5.74) is 8.14. The predicted molar refractivity (Wildman–Crippen MR) is 106 cm³/mol. The molecule has 1 aromatic rings. The van der Waals surface area contributed by atoms with E-state index in [9.17, 15) is 5.21 Å². The molecule has 3 nitrogen and oxygen atoms in total. The fraction of sp³-hybridized carbons (Fsp3) is 0.522. The number of oxime groups is 1. The Morgan fingerprint density at radius 3 is 2.81 bits per heavy atom. The first kappa shape index (κ1) is 17.4. The molecular weight excluding hydrogens is 322 g/mol. The fourth-order valence-corrected chi connectivity index (χ4v) is 5.53. The molecule has 0 spiro atoms. The molecule has 1 N–H and O–H groups in total. The molecule has 0 aliphatic heterocycles. The SMILES string of the molecule is C=C(C)[C@@H]1CC(=NO)[C@]2(C)CCC3=C(CCc4cc(OC)ccc43)[C@H]2C1. The third kappa shape index (κ3) is 2.52. The van der Waals surface area contributed by atoms with E-state index in [2.05, 4.69) is 43.8 Å². The van der Waals surface area contributed by atoms with Gasteiger partial charge < -0.3 is 9.94 Å². The maximum Gasteiger partial charge on any atom is 0.119 e. The molecule has 0 radical (unpaired) electrons. The fourth-order valence-electron chi connectivity index (χ4n) is 5.53. The van der Waals surface area contributed by atoms with E-state index in [1.54, 1.807) is 12.7 Å². The number of benzene rings is 1. The van der Waals surface area contributed by atoms with Gasteiger partial charge >= 0.3 is 0 Å². The Hall–Kier alpha value is -2.03. The molecule has 0 saturated heterocycles. The van der Waals surface area contributed by atoms with Crippen molar-refractivity contribution in [1.29, 1.82) is 0 Å². The van der Waals surface area contributed by atoms with Gasteiger partial charge in [0.25, 0.3) is 0 Å². The minimum Gasteiger partial charge on any atom is -0.497 e. The zero-order valence-electron chi connectivity index (χ0n) is 16.1. The van der Waals surface area contributed by atoms with Crippen molar-refractivity contribution in [2.75, 3.05) is 7.11 Å². The highest BCUT2D eigenvalue weighted by molar-refractivity contribution is 5.93. The van der Waals surface area contributed by atoms with Gasteiger partial charge in [-0.25, -0.2) is 0 Å². The lowest BCUT2D eigenvalue weighted by Gasteiger charge is -2.50. The van der Waals surface area contributed by atoms with Gasteiger partial charge in [-0.05, 0) is 86.1 Å². The molecule has 1 fully saturated rings. The lowest BCUT2D eigenvalue weighted by atomic mass is 9.53. The van der Waals surface area contributed by atoms with Crippen molar-refractivity contribution < 1.29 is 9.94 Å². The van der Waals surface area contributed by atoms with E-state index in [0.29, 0.717) is 11.8 Å². The largest absolute Gasteiger partial charge is 0.497 e. The smallest absolute Gasteiger partial charge is 0.119 e. The van der Waals surface area contributed by atoms with Crippen LogP contribution in [0.15, 0.2) is 41.1 Å². The number of allylic oxidation sites excluding steroid dienone is 3. The first-order valence-corrected chi connectivity index (χ1v) is 9.74. The molecule has 3 aliphatic rings. The van der Waals surface area contributed by atoms with Crippen LogP contribution in [0.3, 0.4) is 0 Å². The van der Waals surface area contributed by atoms with E-state index in [4.69, 9.17) is 4.74 Å². The first-order chi connectivity index (χ1) is 12.5. The Kier molecular flexibility index (Phi) is 4.21. The minimum absolute atomic E-state index is 0.0104. The second-order valence-electron chi connectivity index (χ2n) is 8.53. The molecule has 138 valence electrons. The standard InChI is InChI=1S/C23H29NO2/c1-14(2)16-12-21-20-7-5-15-11-17(26-4)6-8-18(15)19(20)9-10-23(21,3)22(13-16)24-25/h6,8,11,16,21,25H,1,5,7,9-10,12-13H2,2-4H3/t16-,21+,23+/m0/s1. The Morgan fingerprint density at radius 1 is 1.31 bits per heavy atom. The third-order valence-corrected chi connectivity index (χ3v) is 7.21. The van der Waals surface area contributed by atoms with Crippen LogP contribution in [0.25, 0.3) is 5.57 Å². The molecule has 0 amide bonds. The van der Waals surface area contributed by atoms with Gasteiger partial charge in [0.2, 0.25) is 0 Å². The summed E-state index contributed by atoms with van der Waals surface area (Å²) >= 11 is 0. The van der Waals surface area contributed by atoms with Crippen molar-refractivity contribution in [1.82, 2.24) is 0 Å². The number of hydrogen-bond acceptors (Lipinski definition) is 3. The van der Waals surface area contributed by atoms with Crippen molar-refractivity contribution in [3.63, 3.8) is 0 Å². The van der Waals surface area contributed by atoms with Crippen LogP contribution in [-0.4, -0.2) is 18.0 Å². The van der Waals surface area contributed by atoms with Gasteiger partial charge in [-0.3, -0.25) is 0 Å². The van der Waals surface area contributed by atoms with Crippen molar-refractivity contribution >= 4 is 11.3 Å². The Bertz CT molecular complexity index is 819. The van der Waals surface area contributed by atoms with Crippen LogP contribution < -0.4 is 4.74 Å². The summed E-state index contributed by atoms with van der Waals surface area (Å²) in [5, 5.41) is 13.5. The van der Waals surface area contributed by atoms with Crippen molar-refractivity contribution in [2.45, 2.75) is 52.4 Å². The van der Waals surface area contributed by atoms with E-state index >= 15 is 0 Å². The molecule has 0 bridgehead atoms. The van der Waals surface area contributed by atoms with Gasteiger partial charge in [-0.15, -0.1) is 0 Å². The van der Waals surface area contributed by atoms with Gasteiger partial charge in [0, 0.05) is 5.41 Å². The van der Waals surface area contributed by atoms with E-state index in [-0.39, 0.29) is 5.41 Å². The number of ether oxygens (including phenoxy) is 1. The van der Waals surface area contributed by atoms with Gasteiger partial charge in [-0.2, -0.15) is 0 Å². The van der Waals surface area contributed by atoms with E-state index in [1.165, 1.54) is 22.3 Å². The van der Waals surface area contributed by atoms with Crippen LogP contribution in [0, 0.1) is 17.3 Å². The first-order valence-electron chi connectivity index (χ1n) is 9.74. The lowest BCUT2D eigenvalue weighted by Crippen LogP contribution is -2.46. The number of nitrogens with zero attached hydrogens (tertiary/aromatic N) is 1. The molecule has 0 heterocycles.